The van der Waals surface area contributed by atoms with Crippen molar-refractivity contribution in [2.45, 2.75) is 45.1 Å². The van der Waals surface area contributed by atoms with Crippen molar-refractivity contribution >= 4 is 12.1 Å². The van der Waals surface area contributed by atoms with Gasteiger partial charge in [0.2, 0.25) is 0 Å². The van der Waals surface area contributed by atoms with E-state index in [2.05, 4.69) is 0 Å². The maximum Gasteiger partial charge on any atom is 0.161 e. The molecular formula is C27H28O5. The third kappa shape index (κ3) is 7.24. The minimum absolute atomic E-state index is 0.221. The number of carbonyl (C=O) groups excluding carboxylic acids is 2. The van der Waals surface area contributed by atoms with Crippen LogP contribution in [0.1, 0.15) is 23.6 Å². The molecule has 0 unspecified atom stereocenters. The van der Waals surface area contributed by atoms with E-state index in [0.29, 0.717) is 6.29 Å². The Hall–Kier alpha value is -3.12. The first-order chi connectivity index (χ1) is 15.7. The minimum Gasteiger partial charge on any atom is -0.367 e. The summed E-state index contributed by atoms with van der Waals surface area (Å²) in [6, 6.07) is 28.7. The highest BCUT2D eigenvalue weighted by Crippen LogP contribution is 2.18. The van der Waals surface area contributed by atoms with Crippen molar-refractivity contribution in [3.8, 4) is 0 Å². The molecule has 5 nitrogen and oxygen atoms in total. The molecule has 0 saturated carbocycles. The van der Waals surface area contributed by atoms with Crippen LogP contribution in [0.2, 0.25) is 0 Å². The van der Waals surface area contributed by atoms with Crippen molar-refractivity contribution in [3.63, 3.8) is 0 Å². The molecule has 0 saturated heterocycles. The summed E-state index contributed by atoms with van der Waals surface area (Å²) in [5.41, 5.74) is 2.77. The molecule has 0 N–H and O–H groups in total. The van der Waals surface area contributed by atoms with E-state index in [4.69, 9.17) is 14.2 Å². The molecule has 0 amide bonds. The fourth-order valence-electron chi connectivity index (χ4n) is 3.30. The van der Waals surface area contributed by atoms with Gasteiger partial charge in [-0.3, -0.25) is 4.79 Å². The lowest BCUT2D eigenvalue weighted by Gasteiger charge is -2.30. The molecule has 0 aromatic heterocycles. The molecule has 3 atom stereocenters. The van der Waals surface area contributed by atoms with Crippen LogP contribution in [0.15, 0.2) is 91.0 Å². The van der Waals surface area contributed by atoms with Gasteiger partial charge in [0.05, 0.1) is 19.8 Å². The van der Waals surface area contributed by atoms with E-state index >= 15 is 0 Å². The lowest BCUT2D eigenvalue weighted by atomic mass is 10.0. The molecule has 166 valence electrons. The zero-order valence-corrected chi connectivity index (χ0v) is 18.1. The first-order valence-corrected chi connectivity index (χ1v) is 10.6. The number of ketones is 1. The van der Waals surface area contributed by atoms with Gasteiger partial charge >= 0.3 is 0 Å². The van der Waals surface area contributed by atoms with Crippen molar-refractivity contribution in [1.29, 1.82) is 0 Å². The molecule has 3 aromatic carbocycles. The zero-order valence-electron chi connectivity index (χ0n) is 18.1. The summed E-state index contributed by atoms with van der Waals surface area (Å²) in [5.74, 6) is -0.228. The van der Waals surface area contributed by atoms with Gasteiger partial charge in [-0.25, -0.2) is 0 Å². The number of rotatable bonds is 13. The second-order valence-corrected chi connectivity index (χ2v) is 7.49. The van der Waals surface area contributed by atoms with Crippen molar-refractivity contribution in [2.24, 2.45) is 0 Å². The van der Waals surface area contributed by atoms with E-state index in [1.54, 1.807) is 0 Å². The SMILES string of the molecule is CC(=O)[C@@H](OCc1ccccc1)[C@@H](OCc1ccccc1)[C@H](C=O)OCc1ccccc1. The Morgan fingerprint density at radius 3 is 1.50 bits per heavy atom. The first-order valence-electron chi connectivity index (χ1n) is 10.6. The third-order valence-corrected chi connectivity index (χ3v) is 5.00. The van der Waals surface area contributed by atoms with Crippen molar-refractivity contribution in [3.05, 3.63) is 108 Å². The molecule has 0 radical (unpaired) electrons. The van der Waals surface area contributed by atoms with Crippen LogP contribution in [-0.2, 0) is 43.6 Å². The number of aldehydes is 1. The Balaban J connectivity index is 1.76. The molecule has 3 aromatic rings. The summed E-state index contributed by atoms with van der Waals surface area (Å²) >= 11 is 0. The Labute approximate surface area is 188 Å². The standard InChI is InChI=1S/C27H28O5/c1-21(29)26(31-19-23-13-7-3-8-14-23)27(32-20-24-15-9-4-10-16-24)25(17-28)30-18-22-11-5-2-6-12-22/h2-17,25-27H,18-20H2,1H3/t25-,26+,27-/m0/s1. The molecule has 0 aliphatic heterocycles. The van der Waals surface area contributed by atoms with E-state index in [0.717, 1.165) is 16.7 Å². The van der Waals surface area contributed by atoms with Crippen molar-refractivity contribution < 1.29 is 23.8 Å². The van der Waals surface area contributed by atoms with Crippen LogP contribution in [0, 0.1) is 0 Å². The number of ether oxygens (including phenoxy) is 3. The van der Waals surface area contributed by atoms with E-state index in [9.17, 15) is 9.59 Å². The second-order valence-electron chi connectivity index (χ2n) is 7.49. The van der Waals surface area contributed by atoms with Crippen LogP contribution in [0.3, 0.4) is 0 Å². The van der Waals surface area contributed by atoms with Gasteiger partial charge in [0, 0.05) is 0 Å². The molecule has 0 fully saturated rings. The Morgan fingerprint density at radius 2 is 1.09 bits per heavy atom. The molecule has 0 spiro atoms. The summed E-state index contributed by atoms with van der Waals surface area (Å²) in [6.45, 7) is 2.11. The number of carbonyl (C=O) groups is 2. The van der Waals surface area contributed by atoms with Crippen LogP contribution in [0.25, 0.3) is 0 Å². The molecule has 0 heterocycles. The van der Waals surface area contributed by atoms with Gasteiger partial charge in [-0.2, -0.15) is 0 Å². The maximum atomic E-state index is 12.5. The van der Waals surface area contributed by atoms with E-state index in [-0.39, 0.29) is 25.6 Å². The summed E-state index contributed by atoms with van der Waals surface area (Å²) in [7, 11) is 0. The molecule has 0 aliphatic rings. The summed E-state index contributed by atoms with van der Waals surface area (Å²) in [4.78, 5) is 24.5. The van der Waals surface area contributed by atoms with Crippen LogP contribution < -0.4 is 0 Å². The topological polar surface area (TPSA) is 61.8 Å². The van der Waals surface area contributed by atoms with Crippen molar-refractivity contribution in [1.82, 2.24) is 0 Å². The van der Waals surface area contributed by atoms with Gasteiger partial charge in [0.25, 0.3) is 0 Å². The molecule has 0 aliphatic carbocycles. The Bertz CT molecular complexity index is 944. The normalized spacial score (nSPS) is 13.8. The molecule has 3 rings (SSSR count). The fraction of sp³-hybridized carbons (Fsp3) is 0.259. The van der Waals surface area contributed by atoms with Crippen LogP contribution >= 0.6 is 0 Å². The van der Waals surface area contributed by atoms with Gasteiger partial charge in [-0.05, 0) is 23.6 Å². The monoisotopic (exact) mass is 432 g/mol. The van der Waals surface area contributed by atoms with Gasteiger partial charge in [-0.1, -0.05) is 91.0 Å². The number of hydrogen-bond donors (Lipinski definition) is 0. The lowest BCUT2D eigenvalue weighted by Crippen LogP contribution is -2.46. The smallest absolute Gasteiger partial charge is 0.161 e. The predicted molar refractivity (Wildman–Crippen MR) is 122 cm³/mol. The number of hydrogen-bond acceptors (Lipinski definition) is 5. The lowest BCUT2D eigenvalue weighted by molar-refractivity contribution is -0.167. The first kappa shape index (κ1) is 23.5. The third-order valence-electron chi connectivity index (χ3n) is 5.00. The van der Waals surface area contributed by atoms with E-state index in [1.165, 1.54) is 6.92 Å². The molecule has 32 heavy (non-hydrogen) atoms. The highest BCUT2D eigenvalue weighted by atomic mass is 16.6. The summed E-state index contributed by atoms with van der Waals surface area (Å²) in [6.07, 6.45) is -2.13. The largest absolute Gasteiger partial charge is 0.367 e. The van der Waals surface area contributed by atoms with Crippen LogP contribution in [0.5, 0.6) is 0 Å². The highest BCUT2D eigenvalue weighted by molar-refractivity contribution is 5.82. The van der Waals surface area contributed by atoms with E-state index < -0.39 is 18.3 Å². The maximum absolute atomic E-state index is 12.5. The molecule has 5 heteroatoms. The van der Waals surface area contributed by atoms with Crippen molar-refractivity contribution in [2.75, 3.05) is 0 Å². The fourth-order valence-corrected chi connectivity index (χ4v) is 3.30. The van der Waals surface area contributed by atoms with Gasteiger partial charge < -0.3 is 19.0 Å². The Kier molecular flexibility index (Phi) is 9.32. The van der Waals surface area contributed by atoms with Crippen LogP contribution in [0.4, 0.5) is 0 Å². The second kappa shape index (κ2) is 12.7. The quantitative estimate of drug-likeness (QED) is 0.371. The predicted octanol–water partition coefficient (Wildman–Crippen LogP) is 4.53. The Morgan fingerprint density at radius 1 is 0.688 bits per heavy atom. The molecule has 0 bridgehead atoms. The van der Waals surface area contributed by atoms with Gasteiger partial charge in [-0.15, -0.1) is 0 Å². The number of Topliss-reactive ketones (excluding diaryl/α,β-unsaturated/α-hetero) is 1. The number of benzene rings is 3. The zero-order chi connectivity index (χ0) is 22.6. The van der Waals surface area contributed by atoms with E-state index in [1.807, 2.05) is 91.0 Å². The average molecular weight is 433 g/mol. The highest BCUT2D eigenvalue weighted by Gasteiger charge is 2.35. The minimum atomic E-state index is -0.969. The summed E-state index contributed by atoms with van der Waals surface area (Å²) < 4.78 is 17.9. The average Bonchev–Trinajstić information content (AvgIpc) is 2.84. The van der Waals surface area contributed by atoms with Crippen LogP contribution in [-0.4, -0.2) is 30.4 Å². The molecular weight excluding hydrogens is 404 g/mol. The van der Waals surface area contributed by atoms with Gasteiger partial charge in [0.15, 0.2) is 12.1 Å². The summed E-state index contributed by atoms with van der Waals surface area (Å²) in [5, 5.41) is 0. The van der Waals surface area contributed by atoms with Gasteiger partial charge in [0.1, 0.15) is 18.3 Å².